The first-order valence-corrected chi connectivity index (χ1v) is 16.7. The summed E-state index contributed by atoms with van der Waals surface area (Å²) in [7, 11) is 4.31. The van der Waals surface area contributed by atoms with E-state index < -0.39 is 0 Å². The number of nitrogens with zero attached hydrogens (tertiary/aromatic N) is 1. The van der Waals surface area contributed by atoms with Crippen LogP contribution in [0.15, 0.2) is 35.5 Å². The third kappa shape index (κ3) is 4.32. The minimum Gasteiger partial charge on any atom is -0.372 e. The number of rotatable bonds is 7. The molecule has 0 heterocycles. The van der Waals surface area contributed by atoms with Crippen molar-refractivity contribution in [3.05, 3.63) is 35.5 Å². The molecule has 2 nitrogen and oxygen atoms in total. The number of thiol groups is 1. The van der Waals surface area contributed by atoms with Gasteiger partial charge in [-0.2, -0.15) is 12.6 Å². The van der Waals surface area contributed by atoms with E-state index in [0.29, 0.717) is 34.1 Å². The number of hydrogen-bond donors (Lipinski definition) is 1. The van der Waals surface area contributed by atoms with Gasteiger partial charge in [0.25, 0.3) is 0 Å². The van der Waals surface area contributed by atoms with E-state index in [9.17, 15) is 0 Å². The number of hydrogen-bond acceptors (Lipinski definition) is 3. The molecule has 3 heteroatoms. The third-order valence-corrected chi connectivity index (χ3v) is 14.4. The standard InChI is InChI=1S/C36H59NOS/c1-11-27-21-32(6,31(27)38-22-25(4)37(9)10)30-14-13-28-29(34(30,8)39)15-18-36-17-12-16-35(23-36,26(5)24(2)3)20-19-33(28,36)7/h11-12,15,17,24-26,28,30-31,39H,13-14,16,18-23H2,1-10H3/b27-11-/t25?,26-,28?,30?,31?,32+,33?,34-,35+,36+/m1/s1. The summed E-state index contributed by atoms with van der Waals surface area (Å²) in [6, 6.07) is 0.420. The zero-order valence-electron chi connectivity index (χ0n) is 26.9. The maximum absolute atomic E-state index is 6.74. The zero-order chi connectivity index (χ0) is 28.6. The predicted octanol–water partition coefficient (Wildman–Crippen LogP) is 9.14. The Morgan fingerprint density at radius 2 is 1.79 bits per heavy atom. The van der Waals surface area contributed by atoms with Crippen LogP contribution in [0.25, 0.3) is 0 Å². The van der Waals surface area contributed by atoms with Crippen molar-refractivity contribution in [1.29, 1.82) is 0 Å². The summed E-state index contributed by atoms with van der Waals surface area (Å²) >= 11 is 5.65. The van der Waals surface area contributed by atoms with Gasteiger partial charge in [0.1, 0.15) is 0 Å². The highest BCUT2D eigenvalue weighted by Crippen LogP contribution is 2.73. The van der Waals surface area contributed by atoms with Crippen LogP contribution in [0, 0.1) is 45.3 Å². The first-order valence-electron chi connectivity index (χ1n) is 16.2. The van der Waals surface area contributed by atoms with Gasteiger partial charge in [-0.05, 0) is 132 Å². The number of fused-ring (bicyclic) bond motifs is 3. The number of likely N-dealkylation sites (N-methyl/N-ethyl adjacent to an activating group) is 1. The van der Waals surface area contributed by atoms with Gasteiger partial charge in [-0.15, -0.1) is 0 Å². The van der Waals surface area contributed by atoms with E-state index in [1.165, 1.54) is 50.5 Å². The van der Waals surface area contributed by atoms with Crippen molar-refractivity contribution in [2.24, 2.45) is 45.3 Å². The zero-order valence-corrected chi connectivity index (χ0v) is 27.8. The second-order valence-corrected chi connectivity index (χ2v) is 16.9. The number of allylic oxidation sites excluding steroid dienone is 4. The second-order valence-electron chi connectivity index (χ2n) is 16.0. The fourth-order valence-corrected chi connectivity index (χ4v) is 11.2. The van der Waals surface area contributed by atoms with Crippen LogP contribution in [-0.2, 0) is 4.74 Å². The van der Waals surface area contributed by atoms with Gasteiger partial charge >= 0.3 is 0 Å². The highest BCUT2D eigenvalue weighted by atomic mass is 32.1. The van der Waals surface area contributed by atoms with E-state index in [1.807, 2.05) is 0 Å². The summed E-state index contributed by atoms with van der Waals surface area (Å²) < 4.78 is 6.65. The van der Waals surface area contributed by atoms with Crippen molar-refractivity contribution in [3.63, 3.8) is 0 Å². The molecule has 5 aliphatic carbocycles. The van der Waals surface area contributed by atoms with E-state index in [4.69, 9.17) is 17.4 Å². The first kappa shape index (κ1) is 30.0. The largest absolute Gasteiger partial charge is 0.372 e. The molecule has 220 valence electrons. The quantitative estimate of drug-likeness (QED) is 0.249. The monoisotopic (exact) mass is 553 g/mol. The van der Waals surface area contributed by atoms with Gasteiger partial charge in [0.15, 0.2) is 0 Å². The molecule has 0 aromatic carbocycles. The van der Waals surface area contributed by atoms with Crippen LogP contribution in [0.5, 0.6) is 0 Å². The van der Waals surface area contributed by atoms with Gasteiger partial charge in [0, 0.05) is 16.2 Å². The van der Waals surface area contributed by atoms with E-state index in [2.05, 4.69) is 98.7 Å². The van der Waals surface area contributed by atoms with Crippen LogP contribution in [-0.4, -0.2) is 42.5 Å². The van der Waals surface area contributed by atoms with Crippen LogP contribution in [0.4, 0.5) is 0 Å². The Hall–Kier alpha value is -0.510. The van der Waals surface area contributed by atoms with Crippen molar-refractivity contribution >= 4 is 12.6 Å². The lowest BCUT2D eigenvalue weighted by molar-refractivity contribution is -0.128. The van der Waals surface area contributed by atoms with Crippen molar-refractivity contribution < 1.29 is 4.74 Å². The van der Waals surface area contributed by atoms with Gasteiger partial charge in [0.05, 0.1) is 12.7 Å². The molecule has 0 aromatic rings. The molecule has 39 heavy (non-hydrogen) atoms. The van der Waals surface area contributed by atoms with E-state index in [0.717, 1.165) is 24.9 Å². The summed E-state index contributed by atoms with van der Waals surface area (Å²) in [5.41, 5.74) is 4.47. The van der Waals surface area contributed by atoms with Crippen molar-refractivity contribution in [2.75, 3.05) is 20.7 Å². The molecule has 0 radical (unpaired) electrons. The molecule has 0 aromatic heterocycles. The molecular formula is C36H59NOS. The molecule has 0 N–H and O–H groups in total. The summed E-state index contributed by atoms with van der Waals surface area (Å²) in [6.07, 6.45) is 20.9. The van der Waals surface area contributed by atoms with Crippen molar-refractivity contribution in [2.45, 2.75) is 124 Å². The smallest absolute Gasteiger partial charge is 0.0845 e. The van der Waals surface area contributed by atoms with Gasteiger partial charge in [0.2, 0.25) is 0 Å². The first-order chi connectivity index (χ1) is 18.2. The Kier molecular flexibility index (Phi) is 7.72. The molecule has 3 fully saturated rings. The fourth-order valence-electron chi connectivity index (χ4n) is 10.6. The van der Waals surface area contributed by atoms with E-state index >= 15 is 0 Å². The molecule has 1 spiro atoms. The third-order valence-electron chi connectivity index (χ3n) is 13.8. The summed E-state index contributed by atoms with van der Waals surface area (Å²) in [5.74, 6) is 2.72. The Bertz CT molecular complexity index is 1040. The maximum Gasteiger partial charge on any atom is 0.0845 e. The normalized spacial score (nSPS) is 47.9. The Morgan fingerprint density at radius 3 is 2.44 bits per heavy atom. The van der Waals surface area contributed by atoms with Crippen LogP contribution >= 0.6 is 12.6 Å². The number of ether oxygens (including phenoxy) is 1. The molecule has 5 rings (SSSR count). The average molecular weight is 554 g/mol. The molecule has 5 unspecified atom stereocenters. The lowest BCUT2D eigenvalue weighted by atomic mass is 9.37. The highest BCUT2D eigenvalue weighted by Gasteiger charge is 2.66. The van der Waals surface area contributed by atoms with Crippen molar-refractivity contribution in [3.8, 4) is 0 Å². The Morgan fingerprint density at radius 1 is 1.08 bits per heavy atom. The lowest BCUT2D eigenvalue weighted by Gasteiger charge is -2.68. The minimum absolute atomic E-state index is 0.0888. The average Bonchev–Trinajstić information content (AvgIpc) is 2.87. The SMILES string of the molecule is C/C=C1/C[C@@](C)(C2CCC3C(=CC[C@]45C=CC[C@]([C@H](C)C(C)C)(CCC34C)C5)[C@@]2(C)S)C1OCC(C)N(C)C. The van der Waals surface area contributed by atoms with Crippen LogP contribution in [0.2, 0.25) is 0 Å². The lowest BCUT2D eigenvalue weighted by Crippen LogP contribution is -2.63. The summed E-state index contributed by atoms with van der Waals surface area (Å²) in [4.78, 5) is 2.27. The molecule has 0 saturated heterocycles. The van der Waals surface area contributed by atoms with Crippen LogP contribution in [0.1, 0.15) is 107 Å². The van der Waals surface area contributed by atoms with Crippen LogP contribution < -0.4 is 0 Å². The van der Waals surface area contributed by atoms with Crippen molar-refractivity contribution in [1.82, 2.24) is 4.90 Å². The molecule has 0 amide bonds. The molecule has 10 atom stereocenters. The van der Waals surface area contributed by atoms with Crippen LogP contribution in [0.3, 0.4) is 0 Å². The van der Waals surface area contributed by atoms with Gasteiger partial charge in [-0.3, -0.25) is 0 Å². The Balaban J connectivity index is 1.44. The topological polar surface area (TPSA) is 12.5 Å². The molecule has 2 bridgehead atoms. The van der Waals surface area contributed by atoms with E-state index in [-0.39, 0.29) is 16.3 Å². The highest BCUT2D eigenvalue weighted by molar-refractivity contribution is 7.82. The van der Waals surface area contributed by atoms with E-state index in [1.54, 1.807) is 5.57 Å². The summed E-state index contributed by atoms with van der Waals surface area (Å²) in [5, 5.41) is 0. The fraction of sp³-hybridized carbons (Fsp3) is 0.833. The molecule has 5 aliphatic rings. The maximum atomic E-state index is 6.74. The molecule has 3 saturated carbocycles. The predicted molar refractivity (Wildman–Crippen MR) is 170 cm³/mol. The minimum atomic E-state index is -0.0888. The Labute approximate surface area is 246 Å². The summed E-state index contributed by atoms with van der Waals surface area (Å²) in [6.45, 7) is 20.4. The molecule has 0 aliphatic heterocycles. The van der Waals surface area contributed by atoms with Gasteiger partial charge in [-0.25, -0.2) is 0 Å². The molecular weight excluding hydrogens is 494 g/mol. The van der Waals surface area contributed by atoms with Gasteiger partial charge in [-0.1, -0.05) is 64.5 Å². The second kappa shape index (κ2) is 10.0. The van der Waals surface area contributed by atoms with Gasteiger partial charge < -0.3 is 9.64 Å².